The van der Waals surface area contributed by atoms with Crippen LogP contribution in [0.25, 0.3) is 0 Å². The molecule has 1 aromatic heterocycles. The Morgan fingerprint density at radius 2 is 1.79 bits per heavy atom. The molecule has 28 heavy (non-hydrogen) atoms. The van der Waals surface area contributed by atoms with Crippen LogP contribution >= 0.6 is 0 Å². The van der Waals surface area contributed by atoms with Crippen molar-refractivity contribution in [1.29, 1.82) is 0 Å². The molecule has 0 saturated carbocycles. The number of hydrogen-bond donors (Lipinski definition) is 1. The average Bonchev–Trinajstić information content (AvgIpc) is 3.14. The predicted octanol–water partition coefficient (Wildman–Crippen LogP) is 4.34. The van der Waals surface area contributed by atoms with Crippen molar-refractivity contribution in [2.24, 2.45) is 0 Å². The maximum Gasteiger partial charge on any atom is 0.387 e. The Morgan fingerprint density at radius 1 is 1.11 bits per heavy atom. The standard InChI is InChI=1S/C20H19F2N3O3/c1-2-14-3-7-17(8-4-14)27-13-25-12-16(11-23-25)24-19(26)15-5-9-18(10-6-15)28-20(21)22/h3-12,20H,2,13H2,1H3,(H,24,26). The number of alkyl halides is 2. The Hall–Kier alpha value is -3.42. The fourth-order valence-corrected chi connectivity index (χ4v) is 2.45. The lowest BCUT2D eigenvalue weighted by molar-refractivity contribution is -0.0498. The minimum absolute atomic E-state index is 0.0107. The molecule has 0 fully saturated rings. The SMILES string of the molecule is CCc1ccc(OCn2cc(NC(=O)c3ccc(OC(F)F)cc3)cn2)cc1. The molecule has 6 nitrogen and oxygen atoms in total. The molecule has 1 heterocycles. The van der Waals surface area contributed by atoms with Gasteiger partial charge in [-0.05, 0) is 48.4 Å². The maximum absolute atomic E-state index is 12.2. The van der Waals surface area contributed by atoms with Crippen molar-refractivity contribution < 1.29 is 23.0 Å². The monoisotopic (exact) mass is 387 g/mol. The fraction of sp³-hybridized carbons (Fsp3) is 0.200. The molecule has 0 bridgehead atoms. The summed E-state index contributed by atoms with van der Waals surface area (Å²) in [5.41, 5.74) is 2.02. The Balaban J connectivity index is 1.53. The van der Waals surface area contributed by atoms with Crippen molar-refractivity contribution in [2.45, 2.75) is 26.7 Å². The van der Waals surface area contributed by atoms with E-state index in [1.54, 1.807) is 10.9 Å². The van der Waals surface area contributed by atoms with Crippen LogP contribution in [0.2, 0.25) is 0 Å². The molecule has 0 aliphatic carbocycles. The van der Waals surface area contributed by atoms with Crippen molar-refractivity contribution in [3.05, 3.63) is 72.1 Å². The van der Waals surface area contributed by atoms with E-state index in [1.807, 2.05) is 24.3 Å². The molecule has 8 heteroatoms. The lowest BCUT2D eigenvalue weighted by atomic mass is 10.2. The van der Waals surface area contributed by atoms with Gasteiger partial charge in [0.2, 0.25) is 0 Å². The van der Waals surface area contributed by atoms with Crippen LogP contribution in [0.3, 0.4) is 0 Å². The number of aromatic nitrogens is 2. The highest BCUT2D eigenvalue weighted by Crippen LogP contribution is 2.17. The second kappa shape index (κ2) is 8.98. The molecule has 0 spiro atoms. The number of ether oxygens (including phenoxy) is 2. The summed E-state index contributed by atoms with van der Waals surface area (Å²) in [6.45, 7) is -0.626. The number of carbonyl (C=O) groups is 1. The molecule has 1 amide bonds. The van der Waals surface area contributed by atoms with E-state index in [0.29, 0.717) is 11.3 Å². The van der Waals surface area contributed by atoms with Gasteiger partial charge in [-0.2, -0.15) is 13.9 Å². The number of hydrogen-bond acceptors (Lipinski definition) is 4. The summed E-state index contributed by atoms with van der Waals surface area (Å²) >= 11 is 0. The van der Waals surface area contributed by atoms with Crippen LogP contribution in [0.4, 0.5) is 14.5 Å². The molecular weight excluding hydrogens is 368 g/mol. The third-order valence-corrected chi connectivity index (χ3v) is 3.93. The second-order valence-corrected chi connectivity index (χ2v) is 5.90. The molecule has 0 radical (unpaired) electrons. The zero-order valence-electron chi connectivity index (χ0n) is 15.1. The van der Waals surface area contributed by atoms with E-state index in [4.69, 9.17) is 4.74 Å². The van der Waals surface area contributed by atoms with E-state index < -0.39 is 6.61 Å². The first-order valence-electron chi connectivity index (χ1n) is 8.64. The molecule has 0 aliphatic heterocycles. The third kappa shape index (κ3) is 5.29. The number of benzene rings is 2. The second-order valence-electron chi connectivity index (χ2n) is 5.90. The summed E-state index contributed by atoms with van der Waals surface area (Å²) in [6.07, 6.45) is 4.09. The average molecular weight is 387 g/mol. The summed E-state index contributed by atoms with van der Waals surface area (Å²) in [5.74, 6) is 0.326. The fourth-order valence-electron chi connectivity index (χ4n) is 2.45. The topological polar surface area (TPSA) is 65.4 Å². The van der Waals surface area contributed by atoms with Gasteiger partial charge in [0.05, 0.1) is 18.1 Å². The summed E-state index contributed by atoms with van der Waals surface area (Å²) in [5, 5.41) is 6.82. The number of nitrogens with one attached hydrogen (secondary N) is 1. The van der Waals surface area contributed by atoms with Gasteiger partial charge >= 0.3 is 6.61 Å². The van der Waals surface area contributed by atoms with Crippen LogP contribution in [0.1, 0.15) is 22.8 Å². The number of aryl methyl sites for hydroxylation is 1. The van der Waals surface area contributed by atoms with E-state index >= 15 is 0 Å². The van der Waals surface area contributed by atoms with Gasteiger partial charge in [-0.3, -0.25) is 4.79 Å². The number of halogens is 2. The van der Waals surface area contributed by atoms with Crippen molar-refractivity contribution >= 4 is 11.6 Å². The normalized spacial score (nSPS) is 10.7. The number of nitrogens with zero attached hydrogens (tertiary/aromatic N) is 2. The van der Waals surface area contributed by atoms with Crippen LogP contribution in [0.5, 0.6) is 11.5 Å². The van der Waals surface area contributed by atoms with Crippen LogP contribution in [0, 0.1) is 0 Å². The predicted molar refractivity (Wildman–Crippen MR) is 99.7 cm³/mol. The third-order valence-electron chi connectivity index (χ3n) is 3.93. The van der Waals surface area contributed by atoms with Gasteiger partial charge < -0.3 is 14.8 Å². The number of rotatable bonds is 8. The molecule has 0 saturated heterocycles. The van der Waals surface area contributed by atoms with Gasteiger partial charge in [0, 0.05) is 5.56 Å². The molecule has 2 aromatic carbocycles. The molecular formula is C20H19F2N3O3. The highest BCUT2D eigenvalue weighted by atomic mass is 19.3. The molecule has 146 valence electrons. The van der Waals surface area contributed by atoms with E-state index in [1.165, 1.54) is 36.0 Å². The molecule has 3 aromatic rings. The Bertz CT molecular complexity index is 909. The quantitative estimate of drug-likeness (QED) is 0.625. The van der Waals surface area contributed by atoms with Gasteiger partial charge in [0.25, 0.3) is 5.91 Å². The van der Waals surface area contributed by atoms with Gasteiger partial charge in [-0.25, -0.2) is 4.68 Å². The van der Waals surface area contributed by atoms with E-state index in [-0.39, 0.29) is 18.4 Å². The summed E-state index contributed by atoms with van der Waals surface area (Å²) < 4.78 is 35.8. The zero-order valence-corrected chi connectivity index (χ0v) is 15.1. The van der Waals surface area contributed by atoms with Crippen molar-refractivity contribution in [2.75, 3.05) is 5.32 Å². The Kier molecular flexibility index (Phi) is 6.21. The largest absolute Gasteiger partial charge is 0.471 e. The first-order chi connectivity index (χ1) is 13.5. The maximum atomic E-state index is 12.2. The highest BCUT2D eigenvalue weighted by molar-refractivity contribution is 6.04. The van der Waals surface area contributed by atoms with Gasteiger partial charge in [0.1, 0.15) is 11.5 Å². The lowest BCUT2D eigenvalue weighted by Gasteiger charge is -2.07. The van der Waals surface area contributed by atoms with E-state index in [0.717, 1.165) is 12.2 Å². The molecule has 3 rings (SSSR count). The minimum Gasteiger partial charge on any atom is -0.471 e. The Labute approximate surface area is 160 Å². The van der Waals surface area contributed by atoms with Crippen LogP contribution in [-0.2, 0) is 13.2 Å². The van der Waals surface area contributed by atoms with Crippen molar-refractivity contribution in [1.82, 2.24) is 9.78 Å². The summed E-state index contributed by atoms with van der Waals surface area (Å²) in [7, 11) is 0. The van der Waals surface area contributed by atoms with Gasteiger partial charge in [-0.15, -0.1) is 0 Å². The van der Waals surface area contributed by atoms with Crippen LogP contribution in [-0.4, -0.2) is 22.3 Å². The van der Waals surface area contributed by atoms with Crippen molar-refractivity contribution in [3.63, 3.8) is 0 Å². The van der Waals surface area contributed by atoms with Gasteiger partial charge in [-0.1, -0.05) is 19.1 Å². The summed E-state index contributed by atoms with van der Waals surface area (Å²) in [6, 6.07) is 13.2. The molecule has 0 atom stereocenters. The zero-order chi connectivity index (χ0) is 19.9. The summed E-state index contributed by atoms with van der Waals surface area (Å²) in [4.78, 5) is 12.2. The smallest absolute Gasteiger partial charge is 0.387 e. The number of carbonyl (C=O) groups excluding carboxylic acids is 1. The minimum atomic E-state index is -2.91. The molecule has 0 unspecified atom stereocenters. The number of amides is 1. The Morgan fingerprint density at radius 3 is 2.43 bits per heavy atom. The van der Waals surface area contributed by atoms with E-state index in [2.05, 4.69) is 22.1 Å². The molecule has 1 N–H and O–H groups in total. The van der Waals surface area contributed by atoms with Crippen LogP contribution in [0.15, 0.2) is 60.9 Å². The van der Waals surface area contributed by atoms with E-state index in [9.17, 15) is 13.6 Å². The van der Waals surface area contributed by atoms with Crippen molar-refractivity contribution in [3.8, 4) is 11.5 Å². The number of anilines is 1. The van der Waals surface area contributed by atoms with Gasteiger partial charge in [0.15, 0.2) is 6.73 Å². The first kappa shape index (κ1) is 19.3. The first-order valence-corrected chi connectivity index (χ1v) is 8.64. The lowest BCUT2D eigenvalue weighted by Crippen LogP contribution is -2.11. The van der Waals surface area contributed by atoms with Crippen LogP contribution < -0.4 is 14.8 Å². The highest BCUT2D eigenvalue weighted by Gasteiger charge is 2.09. The molecule has 0 aliphatic rings.